The van der Waals surface area contributed by atoms with Gasteiger partial charge < -0.3 is 14.8 Å². The lowest BCUT2D eigenvalue weighted by Crippen LogP contribution is -2.56. The number of benzene rings is 1. The van der Waals surface area contributed by atoms with E-state index in [0.717, 1.165) is 0 Å². The highest BCUT2D eigenvalue weighted by atomic mass is 16.2. The Hall–Kier alpha value is -3.42. The Morgan fingerprint density at radius 3 is 2.62 bits per heavy atom. The number of carbonyl (C=O) groups excluding carboxylic acids is 3. The fourth-order valence-electron chi connectivity index (χ4n) is 3.72. The van der Waals surface area contributed by atoms with Gasteiger partial charge in [0.25, 0.3) is 17.6 Å². The fourth-order valence-corrected chi connectivity index (χ4v) is 3.72. The van der Waals surface area contributed by atoms with Crippen molar-refractivity contribution in [3.63, 3.8) is 0 Å². The van der Waals surface area contributed by atoms with Crippen molar-refractivity contribution in [3.05, 3.63) is 59.9 Å². The van der Waals surface area contributed by atoms with Crippen molar-refractivity contribution in [2.45, 2.75) is 13.0 Å². The highest BCUT2D eigenvalue weighted by Crippen LogP contribution is 2.19. The van der Waals surface area contributed by atoms with Crippen LogP contribution in [0.2, 0.25) is 0 Å². The first kappa shape index (κ1) is 18.9. The number of amides is 2. The van der Waals surface area contributed by atoms with E-state index in [-0.39, 0.29) is 23.1 Å². The van der Waals surface area contributed by atoms with Gasteiger partial charge in [0.1, 0.15) is 7.85 Å². The number of aromatic amines is 1. The van der Waals surface area contributed by atoms with Gasteiger partial charge in [-0.25, -0.2) is 0 Å². The fraction of sp³-hybridized carbons (Fsp3) is 0.238. The molecule has 3 heterocycles. The van der Waals surface area contributed by atoms with Crippen molar-refractivity contribution in [2.75, 3.05) is 19.6 Å². The molecule has 2 amide bonds. The Bertz CT molecular complexity index is 1100. The number of pyridine rings is 1. The summed E-state index contributed by atoms with van der Waals surface area (Å²) in [5.74, 6) is -1.26. The molecule has 1 atom stereocenters. The molecular formula is C21H19BN4O3. The van der Waals surface area contributed by atoms with Crippen LogP contribution in [0.4, 0.5) is 0 Å². The van der Waals surface area contributed by atoms with Crippen LogP contribution < -0.4 is 5.59 Å². The minimum Gasteiger partial charge on any atom is -0.360 e. The number of hydrogen-bond acceptors (Lipinski definition) is 4. The highest BCUT2D eigenvalue weighted by molar-refractivity contribution is 6.46. The van der Waals surface area contributed by atoms with Crippen LogP contribution in [0.5, 0.6) is 0 Å². The van der Waals surface area contributed by atoms with E-state index in [1.807, 2.05) is 25.1 Å². The van der Waals surface area contributed by atoms with E-state index in [1.54, 1.807) is 23.1 Å². The monoisotopic (exact) mass is 386 g/mol. The summed E-state index contributed by atoms with van der Waals surface area (Å²) in [7, 11) is 5.82. The summed E-state index contributed by atoms with van der Waals surface area (Å²) < 4.78 is 0. The number of Topliss-reactive ketones (excluding diaryl/α,β-unsaturated/α-hetero) is 1. The largest absolute Gasteiger partial charge is 0.360 e. The summed E-state index contributed by atoms with van der Waals surface area (Å²) in [6.45, 7) is 2.89. The van der Waals surface area contributed by atoms with Gasteiger partial charge in [-0.15, -0.1) is 0 Å². The third-order valence-electron chi connectivity index (χ3n) is 5.27. The van der Waals surface area contributed by atoms with Crippen LogP contribution in [0.1, 0.15) is 27.6 Å². The molecule has 1 aromatic carbocycles. The molecule has 1 saturated heterocycles. The number of nitrogens with zero attached hydrogens (tertiary/aromatic N) is 3. The minimum absolute atomic E-state index is 0.0736. The van der Waals surface area contributed by atoms with Crippen LogP contribution in [0.25, 0.3) is 10.9 Å². The average molecular weight is 386 g/mol. The zero-order valence-corrected chi connectivity index (χ0v) is 16.0. The molecule has 144 valence electrons. The molecule has 0 spiro atoms. The first-order chi connectivity index (χ1) is 14.0. The molecule has 7 nitrogen and oxygen atoms in total. The van der Waals surface area contributed by atoms with Gasteiger partial charge in [0, 0.05) is 54.6 Å². The summed E-state index contributed by atoms with van der Waals surface area (Å²) in [5, 5.41) is 0.571. The number of ketones is 1. The van der Waals surface area contributed by atoms with E-state index in [9.17, 15) is 14.4 Å². The van der Waals surface area contributed by atoms with Crippen molar-refractivity contribution in [3.8, 4) is 0 Å². The van der Waals surface area contributed by atoms with Crippen molar-refractivity contribution >= 4 is 41.9 Å². The predicted molar refractivity (Wildman–Crippen MR) is 109 cm³/mol. The number of aromatic nitrogens is 2. The van der Waals surface area contributed by atoms with Gasteiger partial charge in [0.2, 0.25) is 0 Å². The number of piperazine rings is 1. The summed E-state index contributed by atoms with van der Waals surface area (Å²) in [4.78, 5) is 48.5. The summed E-state index contributed by atoms with van der Waals surface area (Å²) in [5.41, 5.74) is 1.69. The van der Waals surface area contributed by atoms with Gasteiger partial charge in [-0.05, 0) is 25.1 Å². The minimum atomic E-state index is -0.600. The zero-order valence-electron chi connectivity index (χ0n) is 16.0. The van der Waals surface area contributed by atoms with Gasteiger partial charge in [-0.3, -0.25) is 19.4 Å². The quantitative estimate of drug-likeness (QED) is 0.412. The van der Waals surface area contributed by atoms with E-state index in [0.29, 0.717) is 36.1 Å². The third kappa shape index (κ3) is 3.42. The molecule has 1 aliphatic rings. The first-order valence-corrected chi connectivity index (χ1v) is 9.38. The molecule has 2 aromatic heterocycles. The second kappa shape index (κ2) is 7.54. The number of rotatable bonds is 3. The molecule has 1 aliphatic heterocycles. The molecule has 3 aromatic rings. The molecule has 8 heteroatoms. The molecule has 0 saturated carbocycles. The van der Waals surface area contributed by atoms with Crippen LogP contribution in [-0.4, -0.2) is 70.9 Å². The summed E-state index contributed by atoms with van der Waals surface area (Å²) >= 11 is 0. The lowest BCUT2D eigenvalue weighted by Gasteiger charge is -2.39. The van der Waals surface area contributed by atoms with E-state index < -0.39 is 11.7 Å². The number of H-pyrrole nitrogens is 1. The van der Waals surface area contributed by atoms with Gasteiger partial charge in [-0.2, -0.15) is 0 Å². The summed E-state index contributed by atoms with van der Waals surface area (Å²) in [6, 6.07) is 10.4. The van der Waals surface area contributed by atoms with Crippen LogP contribution in [0.3, 0.4) is 0 Å². The molecule has 2 radical (unpaired) electrons. The topological polar surface area (TPSA) is 86.4 Å². The number of carbonyl (C=O) groups is 3. The average Bonchev–Trinajstić information content (AvgIpc) is 3.18. The Labute approximate surface area is 169 Å². The molecule has 1 N–H and O–H groups in total. The lowest BCUT2D eigenvalue weighted by molar-refractivity contribution is -0.130. The van der Waals surface area contributed by atoms with E-state index in [2.05, 4.69) is 9.97 Å². The molecule has 1 fully saturated rings. The van der Waals surface area contributed by atoms with E-state index >= 15 is 0 Å². The van der Waals surface area contributed by atoms with Crippen LogP contribution in [0, 0.1) is 0 Å². The number of hydrogen-bond donors (Lipinski definition) is 1. The Balaban J connectivity index is 1.49. The third-order valence-corrected chi connectivity index (χ3v) is 5.27. The molecular weight excluding hydrogens is 367 g/mol. The number of nitrogens with one attached hydrogen (secondary N) is 1. The second-order valence-electron chi connectivity index (χ2n) is 7.11. The molecule has 29 heavy (non-hydrogen) atoms. The Morgan fingerprint density at radius 1 is 1.14 bits per heavy atom. The zero-order chi connectivity index (χ0) is 20.5. The SMILES string of the molecule is [B]c1nccc2c(C(=O)C(=O)N3CCN(C(=O)c4ccccc4)C[C@H]3C)c[nH]c12. The molecule has 4 rings (SSSR count). The standard InChI is InChI=1S/C21H19BN4O3/c1-13-12-25(20(28)14-5-3-2-4-6-14)9-10-26(13)21(29)18(27)16-11-24-17-15(16)7-8-23-19(17)22/h2-8,11,13,24H,9-10,12H2,1H3/t13-/m1/s1. The van der Waals surface area contributed by atoms with Crippen molar-refractivity contribution in [2.24, 2.45) is 0 Å². The second-order valence-corrected chi connectivity index (χ2v) is 7.11. The van der Waals surface area contributed by atoms with Crippen LogP contribution >= 0.6 is 0 Å². The van der Waals surface area contributed by atoms with Crippen molar-refractivity contribution in [1.29, 1.82) is 0 Å². The first-order valence-electron chi connectivity index (χ1n) is 9.38. The maximum atomic E-state index is 12.9. The predicted octanol–water partition coefficient (Wildman–Crippen LogP) is 0.912. The number of fused-ring (bicyclic) bond motifs is 1. The maximum Gasteiger partial charge on any atom is 0.295 e. The smallest absolute Gasteiger partial charge is 0.295 e. The van der Waals surface area contributed by atoms with Crippen molar-refractivity contribution < 1.29 is 14.4 Å². The van der Waals surface area contributed by atoms with E-state index in [1.165, 1.54) is 17.3 Å². The lowest BCUT2D eigenvalue weighted by atomic mass is 9.99. The van der Waals surface area contributed by atoms with Crippen LogP contribution in [-0.2, 0) is 4.79 Å². The molecule has 0 unspecified atom stereocenters. The van der Waals surface area contributed by atoms with E-state index in [4.69, 9.17) is 7.85 Å². The maximum absolute atomic E-state index is 12.9. The van der Waals surface area contributed by atoms with Gasteiger partial charge in [0.05, 0.1) is 11.1 Å². The highest BCUT2D eigenvalue weighted by Gasteiger charge is 2.34. The Morgan fingerprint density at radius 2 is 1.90 bits per heavy atom. The van der Waals surface area contributed by atoms with Crippen molar-refractivity contribution in [1.82, 2.24) is 19.8 Å². The van der Waals surface area contributed by atoms with Gasteiger partial charge in [0.15, 0.2) is 0 Å². The van der Waals surface area contributed by atoms with Gasteiger partial charge >= 0.3 is 0 Å². The molecule has 0 aliphatic carbocycles. The summed E-state index contributed by atoms with van der Waals surface area (Å²) in [6.07, 6.45) is 2.99. The Kier molecular flexibility index (Phi) is 4.92. The molecule has 0 bridgehead atoms. The van der Waals surface area contributed by atoms with Gasteiger partial charge in [-0.1, -0.05) is 18.2 Å². The normalized spacial score (nSPS) is 16.8. The van der Waals surface area contributed by atoms with Crippen LogP contribution in [0.15, 0.2) is 48.8 Å².